The molecule has 98 valence electrons. The highest BCUT2D eigenvalue weighted by Gasteiger charge is 2.24. The fourth-order valence-electron chi connectivity index (χ4n) is 3.25. The maximum absolute atomic E-state index is 10.3. The summed E-state index contributed by atoms with van der Waals surface area (Å²) in [5, 5.41) is 10.3. The molecule has 3 heteroatoms. The van der Waals surface area contributed by atoms with Gasteiger partial charge >= 0.3 is 0 Å². The number of aryl methyl sites for hydroxylation is 1. The minimum Gasteiger partial charge on any atom is -0.387 e. The van der Waals surface area contributed by atoms with Gasteiger partial charge in [0, 0.05) is 24.5 Å². The van der Waals surface area contributed by atoms with Crippen LogP contribution < -0.4 is 4.90 Å². The van der Waals surface area contributed by atoms with Crippen molar-refractivity contribution in [1.82, 2.24) is 4.98 Å². The summed E-state index contributed by atoms with van der Waals surface area (Å²) in [4.78, 5) is 7.09. The maximum Gasteiger partial charge on any atom is 0.0963 e. The Labute approximate surface area is 109 Å². The molecule has 2 heterocycles. The third-order valence-electron chi connectivity index (χ3n) is 4.18. The topological polar surface area (TPSA) is 36.4 Å². The summed E-state index contributed by atoms with van der Waals surface area (Å²) < 4.78 is 0. The summed E-state index contributed by atoms with van der Waals surface area (Å²) in [6.07, 6.45) is 6.45. The van der Waals surface area contributed by atoms with Crippen LogP contribution in [0.2, 0.25) is 0 Å². The standard InChI is InChI=1S/C15H22N2O/c1-11-10-13(17-8-4-5-9-17)12-6-2-3-7-14(18)15(12)16-11/h10,14,18H,2-9H2,1H3. The molecule has 18 heavy (non-hydrogen) atoms. The Morgan fingerprint density at radius 2 is 2.00 bits per heavy atom. The highest BCUT2D eigenvalue weighted by atomic mass is 16.3. The molecule has 0 radical (unpaired) electrons. The summed E-state index contributed by atoms with van der Waals surface area (Å²) in [6, 6.07) is 2.21. The Hall–Kier alpha value is -1.09. The molecule has 0 amide bonds. The average molecular weight is 246 g/mol. The van der Waals surface area contributed by atoms with Crippen molar-refractivity contribution in [3.63, 3.8) is 0 Å². The Kier molecular flexibility index (Phi) is 3.25. The summed E-state index contributed by atoms with van der Waals surface area (Å²) in [7, 11) is 0. The molecule has 1 aliphatic carbocycles. The fourth-order valence-corrected chi connectivity index (χ4v) is 3.25. The predicted molar refractivity (Wildman–Crippen MR) is 72.9 cm³/mol. The van der Waals surface area contributed by atoms with E-state index in [-0.39, 0.29) is 6.10 Å². The lowest BCUT2D eigenvalue weighted by molar-refractivity contribution is 0.162. The van der Waals surface area contributed by atoms with E-state index in [2.05, 4.69) is 16.0 Å². The van der Waals surface area contributed by atoms with Gasteiger partial charge in [-0.05, 0) is 50.7 Å². The highest BCUT2D eigenvalue weighted by Crippen LogP contribution is 2.35. The van der Waals surface area contributed by atoms with E-state index in [1.54, 1.807) is 0 Å². The van der Waals surface area contributed by atoms with Gasteiger partial charge in [-0.25, -0.2) is 0 Å². The first kappa shape index (κ1) is 12.0. The number of nitrogens with zero attached hydrogens (tertiary/aromatic N) is 2. The third kappa shape index (κ3) is 2.12. The van der Waals surface area contributed by atoms with Crippen LogP contribution in [0.5, 0.6) is 0 Å². The van der Waals surface area contributed by atoms with Crippen molar-refractivity contribution in [2.45, 2.75) is 51.6 Å². The van der Waals surface area contributed by atoms with Gasteiger partial charge in [0.25, 0.3) is 0 Å². The normalized spacial score (nSPS) is 23.9. The zero-order valence-electron chi connectivity index (χ0n) is 11.2. The van der Waals surface area contributed by atoms with Crippen molar-refractivity contribution in [1.29, 1.82) is 0 Å². The van der Waals surface area contributed by atoms with Gasteiger partial charge in [-0.1, -0.05) is 6.42 Å². The molecule has 0 aromatic carbocycles. The molecule has 3 nitrogen and oxygen atoms in total. The van der Waals surface area contributed by atoms with Gasteiger partial charge in [-0.3, -0.25) is 4.98 Å². The number of fused-ring (bicyclic) bond motifs is 1. The Morgan fingerprint density at radius 1 is 1.22 bits per heavy atom. The number of anilines is 1. The monoisotopic (exact) mass is 246 g/mol. The molecule has 1 fully saturated rings. The van der Waals surface area contributed by atoms with Gasteiger partial charge < -0.3 is 10.0 Å². The van der Waals surface area contributed by atoms with E-state index in [1.807, 2.05) is 6.92 Å². The largest absolute Gasteiger partial charge is 0.387 e. The second-order valence-corrected chi connectivity index (χ2v) is 5.60. The SMILES string of the molecule is Cc1cc(N2CCCC2)c2c(n1)C(O)CCCC2. The van der Waals surface area contributed by atoms with E-state index in [0.717, 1.165) is 43.7 Å². The molecule has 1 N–H and O–H groups in total. The smallest absolute Gasteiger partial charge is 0.0963 e. The van der Waals surface area contributed by atoms with E-state index >= 15 is 0 Å². The first-order valence-electron chi connectivity index (χ1n) is 7.19. The molecular weight excluding hydrogens is 224 g/mol. The van der Waals surface area contributed by atoms with Crippen LogP contribution in [0.15, 0.2) is 6.07 Å². The number of rotatable bonds is 1. The van der Waals surface area contributed by atoms with E-state index in [0.29, 0.717) is 0 Å². The van der Waals surface area contributed by atoms with E-state index < -0.39 is 0 Å². The van der Waals surface area contributed by atoms with Gasteiger partial charge in [-0.2, -0.15) is 0 Å². The number of pyridine rings is 1. The van der Waals surface area contributed by atoms with E-state index in [9.17, 15) is 5.11 Å². The Morgan fingerprint density at radius 3 is 2.78 bits per heavy atom. The molecule has 1 aliphatic heterocycles. The Bertz CT molecular complexity index is 438. The number of aliphatic hydroxyl groups is 1. The molecule has 1 unspecified atom stereocenters. The number of hydrogen-bond acceptors (Lipinski definition) is 3. The van der Waals surface area contributed by atoms with Crippen molar-refractivity contribution in [2.24, 2.45) is 0 Å². The van der Waals surface area contributed by atoms with Crippen molar-refractivity contribution in [3.05, 3.63) is 23.0 Å². The summed E-state index contributed by atoms with van der Waals surface area (Å²) in [5.41, 5.74) is 4.65. The minimum atomic E-state index is -0.358. The molecule has 1 aromatic heterocycles. The van der Waals surface area contributed by atoms with Crippen LogP contribution in [0.1, 0.15) is 55.2 Å². The van der Waals surface area contributed by atoms with Crippen molar-refractivity contribution >= 4 is 5.69 Å². The summed E-state index contributed by atoms with van der Waals surface area (Å²) >= 11 is 0. The molecule has 1 aromatic rings. The molecule has 0 spiro atoms. The van der Waals surface area contributed by atoms with Crippen LogP contribution in [0.3, 0.4) is 0 Å². The van der Waals surface area contributed by atoms with E-state index in [1.165, 1.54) is 30.5 Å². The zero-order valence-corrected chi connectivity index (χ0v) is 11.2. The molecule has 1 atom stereocenters. The molecule has 0 bridgehead atoms. The van der Waals surface area contributed by atoms with Gasteiger partial charge in [0.1, 0.15) is 0 Å². The first-order chi connectivity index (χ1) is 8.75. The quantitative estimate of drug-likeness (QED) is 0.774. The average Bonchev–Trinajstić information content (AvgIpc) is 2.82. The van der Waals surface area contributed by atoms with Crippen LogP contribution in [-0.4, -0.2) is 23.2 Å². The number of aromatic nitrogens is 1. The summed E-state index contributed by atoms with van der Waals surface area (Å²) in [5.74, 6) is 0. The van der Waals surface area contributed by atoms with Gasteiger partial charge in [-0.15, -0.1) is 0 Å². The number of hydrogen-bond donors (Lipinski definition) is 1. The van der Waals surface area contributed by atoms with Gasteiger partial charge in [0.15, 0.2) is 0 Å². The second-order valence-electron chi connectivity index (χ2n) is 5.60. The highest BCUT2D eigenvalue weighted by molar-refractivity contribution is 5.57. The van der Waals surface area contributed by atoms with Crippen LogP contribution in [0.4, 0.5) is 5.69 Å². The van der Waals surface area contributed by atoms with E-state index in [4.69, 9.17) is 0 Å². The second kappa shape index (κ2) is 4.88. The number of aliphatic hydroxyl groups excluding tert-OH is 1. The van der Waals surface area contributed by atoms with Crippen LogP contribution in [0, 0.1) is 6.92 Å². The first-order valence-corrected chi connectivity index (χ1v) is 7.19. The van der Waals surface area contributed by atoms with Crippen LogP contribution in [-0.2, 0) is 6.42 Å². The summed E-state index contributed by atoms with van der Waals surface area (Å²) in [6.45, 7) is 4.36. The third-order valence-corrected chi connectivity index (χ3v) is 4.18. The van der Waals surface area contributed by atoms with Gasteiger partial charge in [0.2, 0.25) is 0 Å². The molecule has 2 aliphatic rings. The lowest BCUT2D eigenvalue weighted by Gasteiger charge is -2.24. The fraction of sp³-hybridized carbons (Fsp3) is 0.667. The Balaban J connectivity index is 2.07. The lowest BCUT2D eigenvalue weighted by Crippen LogP contribution is -2.21. The zero-order chi connectivity index (χ0) is 12.5. The maximum atomic E-state index is 10.3. The van der Waals surface area contributed by atoms with Crippen molar-refractivity contribution in [2.75, 3.05) is 18.0 Å². The predicted octanol–water partition coefficient (Wildman–Crippen LogP) is 2.75. The van der Waals surface area contributed by atoms with Gasteiger partial charge in [0.05, 0.1) is 11.8 Å². The van der Waals surface area contributed by atoms with Crippen molar-refractivity contribution < 1.29 is 5.11 Å². The van der Waals surface area contributed by atoms with Crippen LogP contribution >= 0.6 is 0 Å². The lowest BCUT2D eigenvalue weighted by atomic mass is 10.0. The molecule has 1 saturated heterocycles. The molecular formula is C15H22N2O. The van der Waals surface area contributed by atoms with Crippen molar-refractivity contribution in [3.8, 4) is 0 Å². The molecule has 3 rings (SSSR count). The van der Waals surface area contributed by atoms with Crippen LogP contribution in [0.25, 0.3) is 0 Å². The minimum absolute atomic E-state index is 0.358. The molecule has 0 saturated carbocycles.